The molecule has 2 rings (SSSR count). The zero-order valence-corrected chi connectivity index (χ0v) is 10.9. The smallest absolute Gasteiger partial charge is 0.254 e. The summed E-state index contributed by atoms with van der Waals surface area (Å²) in [6.07, 6.45) is 3.33. The molecule has 5 N–H and O–H groups in total. The van der Waals surface area contributed by atoms with Gasteiger partial charge in [-0.3, -0.25) is 9.59 Å². The van der Waals surface area contributed by atoms with Crippen LogP contribution < -0.4 is 21.7 Å². The molecule has 0 bridgehead atoms. The molecular formula is C12H16N6O2. The lowest BCUT2D eigenvalue weighted by Crippen LogP contribution is -2.36. The number of rotatable bonds is 4. The third-order valence-electron chi connectivity index (χ3n) is 3.07. The minimum absolute atomic E-state index is 0.0149. The number of nitrogens with zero attached hydrogens (tertiary/aromatic N) is 3. The lowest BCUT2D eigenvalue weighted by atomic mass is 10.2. The second-order valence-electron chi connectivity index (χ2n) is 4.48. The van der Waals surface area contributed by atoms with Crippen LogP contribution in [0.2, 0.25) is 0 Å². The Kier molecular flexibility index (Phi) is 3.83. The summed E-state index contributed by atoms with van der Waals surface area (Å²) in [5.74, 6) is -0.392. The molecule has 2 amide bonds. The molecule has 0 unspecified atom stereocenters. The van der Waals surface area contributed by atoms with Crippen molar-refractivity contribution >= 4 is 23.6 Å². The van der Waals surface area contributed by atoms with Gasteiger partial charge in [0.1, 0.15) is 5.82 Å². The molecule has 1 saturated heterocycles. The van der Waals surface area contributed by atoms with Crippen LogP contribution in [0.3, 0.4) is 0 Å². The molecule has 0 spiro atoms. The minimum atomic E-state index is -0.661. The Balaban J connectivity index is 2.06. The number of primary amides is 1. The predicted molar refractivity (Wildman–Crippen MR) is 73.9 cm³/mol. The van der Waals surface area contributed by atoms with E-state index in [1.807, 2.05) is 4.90 Å². The molecular weight excluding hydrogens is 260 g/mol. The highest BCUT2D eigenvalue weighted by Gasteiger charge is 2.25. The Labute approximate surface area is 115 Å². The number of hydrogen-bond donors (Lipinski definition) is 3. The summed E-state index contributed by atoms with van der Waals surface area (Å²) in [7, 11) is 0. The van der Waals surface area contributed by atoms with Gasteiger partial charge in [-0.2, -0.15) is 4.98 Å². The average molecular weight is 276 g/mol. The van der Waals surface area contributed by atoms with Gasteiger partial charge in [-0.25, -0.2) is 4.98 Å². The molecule has 1 aromatic heterocycles. The molecule has 1 aliphatic rings. The van der Waals surface area contributed by atoms with E-state index in [1.165, 1.54) is 12.3 Å². The van der Waals surface area contributed by atoms with E-state index in [2.05, 4.69) is 21.9 Å². The fraction of sp³-hybridized carbons (Fsp3) is 0.333. The number of anilines is 2. The van der Waals surface area contributed by atoms with E-state index in [9.17, 15) is 9.59 Å². The fourth-order valence-electron chi connectivity index (χ4n) is 2.05. The van der Waals surface area contributed by atoms with Crippen LogP contribution in [0, 0.1) is 0 Å². The van der Waals surface area contributed by atoms with Crippen molar-refractivity contribution in [3.63, 3.8) is 0 Å². The maximum atomic E-state index is 11.2. The highest BCUT2D eigenvalue weighted by atomic mass is 16.1. The van der Waals surface area contributed by atoms with Crippen molar-refractivity contribution in [2.45, 2.75) is 12.5 Å². The van der Waals surface area contributed by atoms with E-state index in [-0.39, 0.29) is 23.3 Å². The fourth-order valence-corrected chi connectivity index (χ4v) is 2.05. The number of nitrogens with one attached hydrogen (secondary N) is 1. The lowest BCUT2D eigenvalue weighted by molar-refractivity contribution is -0.117. The van der Waals surface area contributed by atoms with Crippen LogP contribution in [-0.2, 0) is 4.79 Å². The number of aromatic nitrogens is 2. The Hall–Kier alpha value is -2.64. The average Bonchev–Trinajstić information content (AvgIpc) is 2.86. The third-order valence-corrected chi connectivity index (χ3v) is 3.07. The standard InChI is InChI=1S/C12H16N6O2/c1-2-9(19)16-7-3-4-18(6-7)12-15-5-8(11(14)20)10(13)17-12/h2,5,7H,1,3-4,6H2,(H2,14,20)(H,16,19)(H2,13,15,17)/t7-/m1/s1. The summed E-state index contributed by atoms with van der Waals surface area (Å²) in [6, 6.07) is 0.0149. The number of carbonyl (C=O) groups excluding carboxylic acids is 2. The van der Waals surface area contributed by atoms with Gasteiger partial charge >= 0.3 is 0 Å². The summed E-state index contributed by atoms with van der Waals surface area (Å²) >= 11 is 0. The molecule has 2 heterocycles. The van der Waals surface area contributed by atoms with Crippen molar-refractivity contribution in [2.75, 3.05) is 23.7 Å². The first-order valence-electron chi connectivity index (χ1n) is 6.11. The Morgan fingerprint density at radius 3 is 2.90 bits per heavy atom. The first-order chi connectivity index (χ1) is 9.51. The van der Waals surface area contributed by atoms with Crippen molar-refractivity contribution in [1.82, 2.24) is 15.3 Å². The molecule has 1 aromatic rings. The van der Waals surface area contributed by atoms with Gasteiger partial charge in [0.25, 0.3) is 5.91 Å². The summed E-state index contributed by atoms with van der Waals surface area (Å²) in [5.41, 5.74) is 10.9. The van der Waals surface area contributed by atoms with E-state index in [1.54, 1.807) is 0 Å². The van der Waals surface area contributed by atoms with Crippen LogP contribution in [0.15, 0.2) is 18.9 Å². The van der Waals surface area contributed by atoms with Gasteiger partial charge in [-0.05, 0) is 12.5 Å². The highest BCUT2D eigenvalue weighted by molar-refractivity contribution is 5.96. The summed E-state index contributed by atoms with van der Waals surface area (Å²) in [5, 5.41) is 2.81. The quantitative estimate of drug-likeness (QED) is 0.608. The minimum Gasteiger partial charge on any atom is -0.383 e. The summed E-state index contributed by atoms with van der Waals surface area (Å²) in [6.45, 7) is 4.68. The normalized spacial score (nSPS) is 17.8. The zero-order chi connectivity index (χ0) is 14.7. The van der Waals surface area contributed by atoms with Gasteiger partial charge in [-0.1, -0.05) is 6.58 Å². The number of nitrogens with two attached hydrogens (primary N) is 2. The summed E-state index contributed by atoms with van der Waals surface area (Å²) < 4.78 is 0. The van der Waals surface area contributed by atoms with Crippen LogP contribution in [0.1, 0.15) is 16.8 Å². The van der Waals surface area contributed by atoms with Gasteiger partial charge in [0.15, 0.2) is 0 Å². The zero-order valence-electron chi connectivity index (χ0n) is 10.9. The molecule has 20 heavy (non-hydrogen) atoms. The van der Waals surface area contributed by atoms with E-state index in [0.29, 0.717) is 19.0 Å². The Morgan fingerprint density at radius 2 is 2.30 bits per heavy atom. The first kappa shape index (κ1) is 13.8. The van der Waals surface area contributed by atoms with Gasteiger partial charge in [0, 0.05) is 25.3 Å². The maximum absolute atomic E-state index is 11.2. The monoisotopic (exact) mass is 276 g/mol. The number of amides is 2. The van der Waals surface area contributed by atoms with Crippen LogP contribution in [0.5, 0.6) is 0 Å². The van der Waals surface area contributed by atoms with Crippen molar-refractivity contribution in [1.29, 1.82) is 0 Å². The molecule has 106 valence electrons. The Morgan fingerprint density at radius 1 is 1.55 bits per heavy atom. The molecule has 1 aliphatic heterocycles. The number of carbonyl (C=O) groups is 2. The first-order valence-corrected chi connectivity index (χ1v) is 6.11. The molecule has 8 nitrogen and oxygen atoms in total. The van der Waals surface area contributed by atoms with Gasteiger partial charge < -0.3 is 21.7 Å². The molecule has 0 aromatic carbocycles. The van der Waals surface area contributed by atoms with Crippen molar-refractivity contribution < 1.29 is 9.59 Å². The molecule has 8 heteroatoms. The Bertz CT molecular complexity index is 559. The van der Waals surface area contributed by atoms with Gasteiger partial charge in [0.2, 0.25) is 11.9 Å². The predicted octanol–water partition coefficient (Wildman–Crippen LogP) is -0.961. The van der Waals surface area contributed by atoms with E-state index in [4.69, 9.17) is 11.5 Å². The molecule has 0 saturated carbocycles. The largest absolute Gasteiger partial charge is 0.383 e. The van der Waals surface area contributed by atoms with Crippen molar-refractivity contribution in [3.05, 3.63) is 24.4 Å². The second kappa shape index (κ2) is 5.55. The van der Waals surface area contributed by atoms with Crippen LogP contribution in [0.4, 0.5) is 11.8 Å². The molecule has 0 aliphatic carbocycles. The molecule has 1 fully saturated rings. The number of nitrogen functional groups attached to an aromatic ring is 1. The summed E-state index contributed by atoms with van der Waals surface area (Å²) in [4.78, 5) is 32.3. The van der Waals surface area contributed by atoms with Crippen molar-refractivity contribution in [3.8, 4) is 0 Å². The van der Waals surface area contributed by atoms with Gasteiger partial charge in [-0.15, -0.1) is 0 Å². The van der Waals surface area contributed by atoms with Crippen LogP contribution in [-0.4, -0.2) is 40.9 Å². The van der Waals surface area contributed by atoms with E-state index < -0.39 is 5.91 Å². The molecule has 0 radical (unpaired) electrons. The second-order valence-corrected chi connectivity index (χ2v) is 4.48. The van der Waals surface area contributed by atoms with E-state index in [0.717, 1.165) is 6.42 Å². The maximum Gasteiger partial charge on any atom is 0.254 e. The topological polar surface area (TPSA) is 127 Å². The number of hydrogen-bond acceptors (Lipinski definition) is 6. The van der Waals surface area contributed by atoms with Crippen molar-refractivity contribution in [2.24, 2.45) is 5.73 Å². The molecule has 1 atom stereocenters. The third kappa shape index (κ3) is 2.85. The lowest BCUT2D eigenvalue weighted by Gasteiger charge is -2.17. The van der Waals surface area contributed by atoms with Gasteiger partial charge in [0.05, 0.1) is 5.56 Å². The SMILES string of the molecule is C=CC(=O)N[C@@H]1CCN(c2ncc(C(N)=O)c(N)n2)C1. The van der Waals surface area contributed by atoms with Crippen LogP contribution in [0.25, 0.3) is 0 Å². The van der Waals surface area contributed by atoms with E-state index >= 15 is 0 Å². The van der Waals surface area contributed by atoms with Crippen LogP contribution >= 0.6 is 0 Å². The highest BCUT2D eigenvalue weighted by Crippen LogP contribution is 2.18.